The second kappa shape index (κ2) is 4.80. The highest BCUT2D eigenvalue weighted by atomic mass is 31.2. The van der Waals surface area contributed by atoms with Crippen molar-refractivity contribution in [3.05, 3.63) is 10.4 Å². The van der Waals surface area contributed by atoms with E-state index in [0.717, 1.165) is 0 Å². The van der Waals surface area contributed by atoms with Gasteiger partial charge in [0.1, 0.15) is 30.7 Å². The lowest BCUT2D eigenvalue weighted by Crippen LogP contribution is -2.36. The van der Waals surface area contributed by atoms with Gasteiger partial charge in [0.2, 0.25) is 5.95 Å². The van der Waals surface area contributed by atoms with Gasteiger partial charge in [-0.05, 0) is 0 Å². The van der Waals surface area contributed by atoms with Crippen LogP contribution in [-0.4, -0.2) is 54.1 Å². The maximum atomic E-state index is 11.8. The van der Waals surface area contributed by atoms with Crippen LogP contribution in [0.25, 0.3) is 0 Å². The largest absolute Gasteiger partial charge is 0.488 e. The summed E-state index contributed by atoms with van der Waals surface area (Å²) in [7, 11) is 2.26. The maximum Gasteiger partial charge on any atom is 0.488 e. The van der Waals surface area contributed by atoms with Gasteiger partial charge in [0, 0.05) is 6.42 Å². The minimum absolute atomic E-state index is 0.0368. The van der Waals surface area contributed by atoms with E-state index < -0.39 is 7.82 Å². The third kappa shape index (κ3) is 2.25. The Morgan fingerprint density at radius 1 is 1.50 bits per heavy atom. The molecule has 1 aromatic heterocycles. The van der Waals surface area contributed by atoms with Crippen LogP contribution in [0.4, 0.5) is 17.5 Å². The number of H-pyrrole nitrogens is 1. The van der Waals surface area contributed by atoms with Gasteiger partial charge < -0.3 is 20.7 Å². The molecule has 10 nitrogen and oxygen atoms in total. The molecule has 5 N–H and O–H groups in total. The molecule has 4 atom stereocenters. The molecule has 4 heterocycles. The van der Waals surface area contributed by atoms with E-state index in [1.54, 1.807) is 4.90 Å². The van der Waals surface area contributed by atoms with Gasteiger partial charge in [0.15, 0.2) is 5.82 Å². The van der Waals surface area contributed by atoms with Crippen LogP contribution in [0, 0.1) is 0 Å². The molecule has 0 bridgehead atoms. The lowest BCUT2D eigenvalue weighted by molar-refractivity contribution is -0.0429. The summed E-state index contributed by atoms with van der Waals surface area (Å²) in [5.41, 5.74) is 5.62. The Morgan fingerprint density at radius 2 is 2.32 bits per heavy atom. The highest BCUT2D eigenvalue weighted by Gasteiger charge is 2.53. The Hall–Kier alpha value is -1.39. The van der Waals surface area contributed by atoms with Crippen molar-refractivity contribution < 1.29 is 18.7 Å². The molecule has 12 heteroatoms. The monoisotopic (exact) mass is 326 g/mol. The van der Waals surface area contributed by atoms with E-state index in [-0.39, 0.29) is 36.6 Å². The number of aromatic amines is 1. The summed E-state index contributed by atoms with van der Waals surface area (Å²) < 4.78 is 16.3. The Morgan fingerprint density at radius 3 is 3.14 bits per heavy atom. The topological polar surface area (TPSA) is 135 Å². The summed E-state index contributed by atoms with van der Waals surface area (Å²) in [6.45, 7) is 0.531. The van der Waals surface area contributed by atoms with Crippen molar-refractivity contribution in [3.63, 3.8) is 0 Å². The molecule has 1 aromatic rings. The van der Waals surface area contributed by atoms with Gasteiger partial charge in [-0.3, -0.25) is 9.78 Å². The minimum atomic E-state index is -3.25. The molecule has 2 radical (unpaired) electrons. The lowest BCUT2D eigenvalue weighted by Gasteiger charge is -2.27. The van der Waals surface area contributed by atoms with Gasteiger partial charge in [0.25, 0.3) is 5.56 Å². The number of rotatable bonds is 1. The smallest absolute Gasteiger partial charge is 0.369 e. The van der Waals surface area contributed by atoms with Crippen LogP contribution in [0.5, 0.6) is 0 Å². The highest BCUT2D eigenvalue weighted by Crippen LogP contribution is 2.58. The number of hydrogen-bond acceptors (Lipinski definition) is 9. The standard InChI is InChI=1S/C10H14BN5O5P/c11-22(18)19-2-5-4(21-22)1-6(20-5)16-3-13-7-8(16)14-10(12)15-9(7)17/h4-6,13,18H,1-3H2,(H3,12,14,15,17)/q+1/t4-,5?,6?,22?/m0/s1. The first-order chi connectivity index (χ1) is 10.4. The number of nitrogens with one attached hydrogen (secondary N) is 2. The number of ether oxygens (including phenoxy) is 1. The summed E-state index contributed by atoms with van der Waals surface area (Å²) in [5.74, 6) is 0.471. The maximum absolute atomic E-state index is 11.8. The molecule has 4 rings (SSSR count). The highest BCUT2D eigenvalue weighted by molar-refractivity contribution is 7.85. The van der Waals surface area contributed by atoms with Crippen LogP contribution in [0.3, 0.4) is 0 Å². The quantitative estimate of drug-likeness (QED) is 0.375. The molecule has 3 aliphatic heterocycles. The van der Waals surface area contributed by atoms with E-state index in [1.165, 1.54) is 0 Å². The van der Waals surface area contributed by atoms with Crippen molar-refractivity contribution >= 4 is 32.8 Å². The van der Waals surface area contributed by atoms with Crippen molar-refractivity contribution in [2.24, 2.45) is 0 Å². The second-order valence-electron chi connectivity index (χ2n) is 5.32. The molecule has 0 aliphatic carbocycles. The first-order valence-electron chi connectivity index (χ1n) is 6.72. The zero-order valence-electron chi connectivity index (χ0n) is 11.4. The lowest BCUT2D eigenvalue weighted by atomic mass is 10.2. The number of fused-ring (bicyclic) bond motifs is 2. The number of aromatic nitrogens is 2. The zero-order chi connectivity index (χ0) is 15.5. The molecule has 3 aliphatic rings. The van der Waals surface area contributed by atoms with Gasteiger partial charge in [-0.1, -0.05) is 0 Å². The molecular weight excluding hydrogens is 312 g/mol. The average Bonchev–Trinajstić information content (AvgIpc) is 3.00. The van der Waals surface area contributed by atoms with Gasteiger partial charge in [-0.25, -0.2) is 4.89 Å². The second-order valence-corrected chi connectivity index (χ2v) is 6.92. The van der Waals surface area contributed by atoms with Crippen LogP contribution in [0.1, 0.15) is 6.42 Å². The van der Waals surface area contributed by atoms with Crippen LogP contribution in [0.15, 0.2) is 4.79 Å². The average molecular weight is 326 g/mol. The molecule has 3 unspecified atom stereocenters. The van der Waals surface area contributed by atoms with Gasteiger partial charge >= 0.3 is 15.4 Å². The van der Waals surface area contributed by atoms with E-state index in [2.05, 4.69) is 15.3 Å². The van der Waals surface area contributed by atoms with E-state index in [4.69, 9.17) is 27.1 Å². The fraction of sp³-hybridized carbons (Fsp3) is 0.600. The number of anilines is 3. The van der Waals surface area contributed by atoms with Crippen molar-refractivity contribution in [1.29, 1.82) is 0 Å². The first kappa shape index (κ1) is 14.2. The van der Waals surface area contributed by atoms with Gasteiger partial charge in [0.05, 0.1) is 6.67 Å². The van der Waals surface area contributed by atoms with E-state index in [0.29, 0.717) is 24.6 Å². The Bertz CT molecular complexity index is 672. The predicted molar refractivity (Wildman–Crippen MR) is 79.2 cm³/mol. The summed E-state index contributed by atoms with van der Waals surface area (Å²) >= 11 is 0. The molecule has 0 amide bonds. The van der Waals surface area contributed by atoms with E-state index >= 15 is 0 Å². The molecular formula is C10H14BN5O5P+. The molecule has 0 aromatic carbocycles. The number of nitrogens with zero attached hydrogens (tertiary/aromatic N) is 2. The number of hydrogen-bond donors (Lipinski definition) is 4. The van der Waals surface area contributed by atoms with Gasteiger partial charge in [-0.2, -0.15) is 14.0 Å². The Balaban J connectivity index is 1.58. The molecule has 0 saturated carbocycles. The van der Waals surface area contributed by atoms with E-state index in [9.17, 15) is 9.69 Å². The van der Waals surface area contributed by atoms with Crippen molar-refractivity contribution in [1.82, 2.24) is 9.97 Å². The van der Waals surface area contributed by atoms with Crippen molar-refractivity contribution in [3.8, 4) is 0 Å². The van der Waals surface area contributed by atoms with Crippen LogP contribution in [0.2, 0.25) is 0 Å². The predicted octanol–water partition coefficient (Wildman–Crippen LogP) is -1.09. The van der Waals surface area contributed by atoms with E-state index in [1.807, 2.05) is 0 Å². The number of nitrogens with two attached hydrogens (primary N) is 1. The van der Waals surface area contributed by atoms with Crippen LogP contribution in [-0.2, 0) is 13.8 Å². The summed E-state index contributed by atoms with van der Waals surface area (Å²) in [6, 6.07) is 0. The normalized spacial score (nSPS) is 36.8. The summed E-state index contributed by atoms with van der Waals surface area (Å²) in [6.07, 6.45) is -0.579. The summed E-state index contributed by atoms with van der Waals surface area (Å²) in [4.78, 5) is 29.9. The van der Waals surface area contributed by atoms with Crippen LogP contribution >= 0.6 is 7.82 Å². The zero-order valence-corrected chi connectivity index (χ0v) is 12.3. The van der Waals surface area contributed by atoms with Crippen molar-refractivity contribution in [2.45, 2.75) is 24.9 Å². The van der Waals surface area contributed by atoms with Crippen molar-refractivity contribution in [2.75, 3.05) is 29.2 Å². The summed E-state index contributed by atoms with van der Waals surface area (Å²) in [5, 5.41) is 2.97. The van der Waals surface area contributed by atoms with Gasteiger partial charge in [-0.15, -0.1) is 0 Å². The molecule has 116 valence electrons. The van der Waals surface area contributed by atoms with Crippen LogP contribution < -0.4 is 21.5 Å². The SMILES string of the molecule is [B][P+]1(O)OCC2OC(N3CNc4c3nc(N)[nH]c4=O)C[C@@H]2O1. The molecule has 22 heavy (non-hydrogen) atoms. The third-order valence-corrected chi connectivity index (χ3v) is 4.95. The first-order valence-corrected chi connectivity index (χ1v) is 8.37. The minimum Gasteiger partial charge on any atom is -0.369 e. The molecule has 2 saturated heterocycles. The third-order valence-electron chi connectivity index (χ3n) is 3.86. The molecule has 2 fully saturated rings. The Labute approximate surface area is 126 Å². The fourth-order valence-corrected chi connectivity index (χ4v) is 3.91. The molecule has 0 spiro atoms. The Kier molecular flexibility index (Phi) is 3.11. The number of nitrogen functional groups attached to an aromatic ring is 1. The fourth-order valence-electron chi connectivity index (χ4n) is 2.88.